The van der Waals surface area contributed by atoms with Crippen molar-refractivity contribution >= 4 is 9.84 Å². The van der Waals surface area contributed by atoms with Gasteiger partial charge in [-0.05, 0) is 69.3 Å². The van der Waals surface area contributed by atoms with Crippen LogP contribution in [0.2, 0.25) is 0 Å². The number of hydrogen-bond donors (Lipinski definition) is 0. The molecule has 112 valence electrons. The van der Waals surface area contributed by atoms with Crippen molar-refractivity contribution in [3.8, 4) is 11.5 Å². The molecule has 0 aromatic heterocycles. The third-order valence-electron chi connectivity index (χ3n) is 2.99. The molecule has 0 heterocycles. The molecule has 5 heteroatoms. The Morgan fingerprint density at radius 1 is 0.857 bits per heavy atom. The fourth-order valence-electron chi connectivity index (χ4n) is 1.68. The molecule has 2 aromatic carbocycles. The molecule has 0 bridgehead atoms. The molecule has 0 aliphatic rings. The summed E-state index contributed by atoms with van der Waals surface area (Å²) in [5.41, 5.74) is 0. The second-order valence-electron chi connectivity index (χ2n) is 5.64. The molecule has 2 rings (SSSR count). The number of ether oxygens (including phenoxy) is 1. The standard InChI is InChI=1S/C16H17FO3S/c1-16(2,3)21(18,19)15-10-8-14(9-11-15)20-13-6-4-12(17)5-7-13/h4-11H,1-3H3. The van der Waals surface area contributed by atoms with Crippen LogP contribution in [0.5, 0.6) is 11.5 Å². The summed E-state index contributed by atoms with van der Waals surface area (Å²) >= 11 is 0. The van der Waals surface area contributed by atoms with Gasteiger partial charge in [-0.1, -0.05) is 0 Å². The topological polar surface area (TPSA) is 43.4 Å². The number of benzene rings is 2. The van der Waals surface area contributed by atoms with E-state index in [1.807, 2.05) is 0 Å². The average Bonchev–Trinajstić information content (AvgIpc) is 2.41. The predicted molar refractivity (Wildman–Crippen MR) is 79.9 cm³/mol. The molecule has 0 spiro atoms. The lowest BCUT2D eigenvalue weighted by Crippen LogP contribution is -2.27. The maximum atomic E-state index is 12.8. The van der Waals surface area contributed by atoms with Crippen molar-refractivity contribution < 1.29 is 17.5 Å². The Morgan fingerprint density at radius 3 is 1.71 bits per heavy atom. The van der Waals surface area contributed by atoms with Crippen LogP contribution in [0.4, 0.5) is 4.39 Å². The molecule has 0 unspecified atom stereocenters. The Labute approximate surface area is 124 Å². The van der Waals surface area contributed by atoms with Gasteiger partial charge in [0.2, 0.25) is 0 Å². The van der Waals surface area contributed by atoms with Crippen LogP contribution in [0.15, 0.2) is 53.4 Å². The van der Waals surface area contributed by atoms with Crippen molar-refractivity contribution in [3.63, 3.8) is 0 Å². The van der Waals surface area contributed by atoms with Crippen LogP contribution in [0, 0.1) is 5.82 Å². The van der Waals surface area contributed by atoms with Gasteiger partial charge in [0, 0.05) is 0 Å². The minimum Gasteiger partial charge on any atom is -0.457 e. The molecule has 0 aliphatic heterocycles. The molecule has 0 fully saturated rings. The summed E-state index contributed by atoms with van der Waals surface area (Å²) in [5.74, 6) is 0.645. The number of rotatable bonds is 3. The molecule has 0 saturated heterocycles. The van der Waals surface area contributed by atoms with Crippen LogP contribution in [0.25, 0.3) is 0 Å². The molecule has 0 amide bonds. The Morgan fingerprint density at radius 2 is 1.29 bits per heavy atom. The summed E-state index contributed by atoms with van der Waals surface area (Å²) in [6.07, 6.45) is 0. The molecule has 21 heavy (non-hydrogen) atoms. The van der Waals surface area contributed by atoms with E-state index in [1.165, 1.54) is 36.4 Å². The van der Waals surface area contributed by atoms with Gasteiger partial charge in [0.15, 0.2) is 9.84 Å². The van der Waals surface area contributed by atoms with Gasteiger partial charge in [0.25, 0.3) is 0 Å². The van der Waals surface area contributed by atoms with Gasteiger partial charge in [-0.3, -0.25) is 0 Å². The second kappa shape index (κ2) is 5.48. The monoisotopic (exact) mass is 308 g/mol. The Bertz CT molecular complexity index is 712. The van der Waals surface area contributed by atoms with E-state index < -0.39 is 14.6 Å². The van der Waals surface area contributed by atoms with E-state index in [4.69, 9.17) is 4.74 Å². The van der Waals surface area contributed by atoms with Crippen molar-refractivity contribution in [1.29, 1.82) is 0 Å². The van der Waals surface area contributed by atoms with Crippen molar-refractivity contribution in [1.82, 2.24) is 0 Å². The van der Waals surface area contributed by atoms with E-state index in [2.05, 4.69) is 0 Å². The van der Waals surface area contributed by atoms with Crippen LogP contribution in [0.3, 0.4) is 0 Å². The summed E-state index contributed by atoms with van der Waals surface area (Å²) in [4.78, 5) is 0.251. The van der Waals surface area contributed by atoms with Crippen molar-refractivity contribution in [3.05, 3.63) is 54.3 Å². The van der Waals surface area contributed by atoms with E-state index in [9.17, 15) is 12.8 Å². The van der Waals surface area contributed by atoms with Gasteiger partial charge in [0.1, 0.15) is 17.3 Å². The Balaban J connectivity index is 2.22. The first-order chi connectivity index (χ1) is 9.70. The van der Waals surface area contributed by atoms with Gasteiger partial charge in [-0.15, -0.1) is 0 Å². The van der Waals surface area contributed by atoms with Crippen LogP contribution in [-0.2, 0) is 9.84 Å². The van der Waals surface area contributed by atoms with E-state index in [0.29, 0.717) is 11.5 Å². The van der Waals surface area contributed by atoms with Gasteiger partial charge >= 0.3 is 0 Å². The molecule has 2 aromatic rings. The Hall–Kier alpha value is -1.88. The zero-order chi connectivity index (χ0) is 15.7. The third-order valence-corrected chi connectivity index (χ3v) is 5.49. The molecule has 0 N–H and O–H groups in total. The van der Waals surface area contributed by atoms with Gasteiger partial charge in [0.05, 0.1) is 9.64 Å². The van der Waals surface area contributed by atoms with Crippen LogP contribution >= 0.6 is 0 Å². The quantitative estimate of drug-likeness (QED) is 0.854. The van der Waals surface area contributed by atoms with Gasteiger partial charge in [-0.2, -0.15) is 0 Å². The predicted octanol–water partition coefficient (Wildman–Crippen LogP) is 4.19. The largest absolute Gasteiger partial charge is 0.457 e. The van der Waals surface area contributed by atoms with Crippen molar-refractivity contribution in [2.75, 3.05) is 0 Å². The summed E-state index contributed by atoms with van der Waals surface area (Å²) < 4.78 is 42.0. The highest BCUT2D eigenvalue weighted by molar-refractivity contribution is 7.92. The maximum absolute atomic E-state index is 12.8. The fraction of sp³-hybridized carbons (Fsp3) is 0.250. The smallest absolute Gasteiger partial charge is 0.183 e. The highest BCUT2D eigenvalue weighted by Gasteiger charge is 2.30. The molecule has 0 aliphatic carbocycles. The normalized spacial score (nSPS) is 12.2. The number of halogens is 1. The van der Waals surface area contributed by atoms with Gasteiger partial charge < -0.3 is 4.74 Å². The SMILES string of the molecule is CC(C)(C)S(=O)(=O)c1ccc(Oc2ccc(F)cc2)cc1. The fourth-order valence-corrected chi connectivity index (χ4v) is 2.88. The third kappa shape index (κ3) is 3.42. The molecule has 3 nitrogen and oxygen atoms in total. The first kappa shape index (κ1) is 15.5. The highest BCUT2D eigenvalue weighted by Crippen LogP contribution is 2.28. The average molecular weight is 308 g/mol. The zero-order valence-corrected chi connectivity index (χ0v) is 12.9. The molecule has 0 atom stereocenters. The molecular formula is C16H17FO3S. The minimum atomic E-state index is -3.38. The van der Waals surface area contributed by atoms with Crippen LogP contribution < -0.4 is 4.74 Å². The lowest BCUT2D eigenvalue weighted by Gasteiger charge is -2.19. The number of sulfone groups is 1. The zero-order valence-electron chi connectivity index (χ0n) is 12.1. The lowest BCUT2D eigenvalue weighted by molar-refractivity contribution is 0.480. The van der Waals surface area contributed by atoms with E-state index in [0.717, 1.165) is 0 Å². The molecule has 0 radical (unpaired) electrons. The Kier molecular flexibility index (Phi) is 4.05. The van der Waals surface area contributed by atoms with E-state index >= 15 is 0 Å². The van der Waals surface area contributed by atoms with Crippen molar-refractivity contribution in [2.45, 2.75) is 30.4 Å². The summed E-state index contributed by atoms with van der Waals surface area (Å²) in [7, 11) is -3.38. The molecular weight excluding hydrogens is 291 g/mol. The van der Waals surface area contributed by atoms with Crippen LogP contribution in [0.1, 0.15) is 20.8 Å². The summed E-state index contributed by atoms with van der Waals surface area (Å²) in [6.45, 7) is 4.97. The lowest BCUT2D eigenvalue weighted by atomic mass is 10.3. The summed E-state index contributed by atoms with van der Waals surface area (Å²) in [5, 5.41) is 0. The van der Waals surface area contributed by atoms with E-state index in [1.54, 1.807) is 32.9 Å². The second-order valence-corrected chi connectivity index (χ2v) is 8.35. The highest BCUT2D eigenvalue weighted by atomic mass is 32.2. The first-order valence-electron chi connectivity index (χ1n) is 6.48. The van der Waals surface area contributed by atoms with Crippen LogP contribution in [-0.4, -0.2) is 13.2 Å². The van der Waals surface area contributed by atoms with Crippen molar-refractivity contribution in [2.24, 2.45) is 0 Å². The molecule has 0 saturated carbocycles. The summed E-state index contributed by atoms with van der Waals surface area (Å²) in [6, 6.07) is 11.8. The first-order valence-corrected chi connectivity index (χ1v) is 7.96. The van der Waals surface area contributed by atoms with Gasteiger partial charge in [-0.25, -0.2) is 12.8 Å². The minimum absolute atomic E-state index is 0.251. The van der Waals surface area contributed by atoms with E-state index in [-0.39, 0.29) is 10.7 Å². The number of hydrogen-bond acceptors (Lipinski definition) is 3. The maximum Gasteiger partial charge on any atom is 0.183 e.